The van der Waals surface area contributed by atoms with Gasteiger partial charge in [-0.1, -0.05) is 12.1 Å². The molecule has 0 radical (unpaired) electrons. The van der Waals surface area contributed by atoms with Gasteiger partial charge in [0.15, 0.2) is 0 Å². The second-order valence-electron chi connectivity index (χ2n) is 6.22. The number of amides is 1. The van der Waals surface area contributed by atoms with Gasteiger partial charge in [0.2, 0.25) is 0 Å². The van der Waals surface area contributed by atoms with Crippen LogP contribution in [-0.2, 0) is 0 Å². The molecule has 1 saturated carbocycles. The second-order valence-corrected chi connectivity index (χ2v) is 6.22. The van der Waals surface area contributed by atoms with Crippen molar-refractivity contribution in [3.63, 3.8) is 0 Å². The molecule has 0 aliphatic heterocycles. The van der Waals surface area contributed by atoms with Gasteiger partial charge in [-0.25, -0.2) is 4.98 Å². The van der Waals surface area contributed by atoms with E-state index in [1.807, 2.05) is 38.1 Å². The van der Waals surface area contributed by atoms with Crippen molar-refractivity contribution in [1.82, 2.24) is 25.5 Å². The Morgan fingerprint density at radius 1 is 1.35 bits per heavy atom. The number of hydrogen-bond acceptors (Lipinski definition) is 3. The predicted octanol–water partition coefficient (Wildman–Crippen LogP) is 2.96. The number of rotatable bonds is 4. The minimum absolute atomic E-state index is 0.0916. The summed E-state index contributed by atoms with van der Waals surface area (Å²) >= 11 is 0. The minimum Gasteiger partial charge on any atom is -0.342 e. The van der Waals surface area contributed by atoms with Gasteiger partial charge in [-0.3, -0.25) is 9.89 Å². The molecule has 2 aromatic heterocycles. The molecule has 1 aliphatic carbocycles. The fourth-order valence-corrected chi connectivity index (χ4v) is 2.90. The molecule has 6 nitrogen and oxygen atoms in total. The van der Waals surface area contributed by atoms with Gasteiger partial charge in [0.05, 0.1) is 28.3 Å². The number of aromatic nitrogens is 4. The van der Waals surface area contributed by atoms with E-state index < -0.39 is 0 Å². The lowest BCUT2D eigenvalue weighted by molar-refractivity contribution is 0.0937. The number of fused-ring (bicyclic) bond motifs is 1. The zero-order chi connectivity index (χ0) is 16.0. The van der Waals surface area contributed by atoms with Gasteiger partial charge < -0.3 is 10.3 Å². The van der Waals surface area contributed by atoms with Crippen LogP contribution in [0.25, 0.3) is 11.0 Å². The van der Waals surface area contributed by atoms with E-state index in [4.69, 9.17) is 0 Å². The topological polar surface area (TPSA) is 86.5 Å². The van der Waals surface area contributed by atoms with E-state index in [0.717, 1.165) is 41.1 Å². The number of carbonyl (C=O) groups is 1. The van der Waals surface area contributed by atoms with Crippen molar-refractivity contribution < 1.29 is 4.79 Å². The fraction of sp³-hybridized carbons (Fsp3) is 0.353. The summed E-state index contributed by atoms with van der Waals surface area (Å²) in [7, 11) is 0. The smallest absolute Gasteiger partial charge is 0.255 e. The molecule has 1 aliphatic rings. The summed E-state index contributed by atoms with van der Waals surface area (Å²) in [5.74, 6) is 1.10. The van der Waals surface area contributed by atoms with E-state index >= 15 is 0 Å². The first-order chi connectivity index (χ1) is 11.1. The van der Waals surface area contributed by atoms with Crippen molar-refractivity contribution in [3.05, 3.63) is 47.0 Å². The highest BCUT2D eigenvalue weighted by atomic mass is 16.1. The molecule has 1 fully saturated rings. The number of imidazole rings is 1. The highest BCUT2D eigenvalue weighted by Crippen LogP contribution is 2.41. The minimum atomic E-state index is -0.198. The number of nitrogens with one attached hydrogen (secondary N) is 3. The van der Waals surface area contributed by atoms with Gasteiger partial charge in [-0.05, 0) is 38.8 Å². The average Bonchev–Trinajstić information content (AvgIpc) is 3.16. The van der Waals surface area contributed by atoms with Crippen LogP contribution in [0.2, 0.25) is 0 Å². The lowest BCUT2D eigenvalue weighted by Gasteiger charge is -2.12. The van der Waals surface area contributed by atoms with E-state index in [-0.39, 0.29) is 11.9 Å². The van der Waals surface area contributed by atoms with Crippen LogP contribution in [-0.4, -0.2) is 26.1 Å². The van der Waals surface area contributed by atoms with Crippen molar-refractivity contribution in [3.8, 4) is 0 Å². The zero-order valence-electron chi connectivity index (χ0n) is 13.2. The molecule has 4 rings (SSSR count). The van der Waals surface area contributed by atoms with Crippen LogP contribution in [0.4, 0.5) is 0 Å². The standard InChI is InChI=1S/C17H19N5O/c1-9-14(15(22-21-9)11-7-8-11)17(23)18-10(2)16-19-12-5-3-4-6-13(12)20-16/h3-6,10-11H,7-8H2,1-2H3,(H,18,23)(H,19,20)(H,21,22)/t10-/m0/s1. The monoisotopic (exact) mass is 309 g/mol. The first-order valence-corrected chi connectivity index (χ1v) is 7.94. The maximum atomic E-state index is 12.7. The summed E-state index contributed by atoms with van der Waals surface area (Å²) in [6.45, 7) is 3.82. The highest BCUT2D eigenvalue weighted by molar-refractivity contribution is 5.97. The lowest BCUT2D eigenvalue weighted by atomic mass is 10.1. The second kappa shape index (κ2) is 5.22. The van der Waals surface area contributed by atoms with Gasteiger partial charge in [-0.2, -0.15) is 5.10 Å². The molecule has 2 heterocycles. The van der Waals surface area contributed by atoms with Crippen molar-refractivity contribution in [2.45, 2.75) is 38.6 Å². The number of H-pyrrole nitrogens is 2. The molecule has 0 bridgehead atoms. The molecular weight excluding hydrogens is 290 g/mol. The predicted molar refractivity (Wildman–Crippen MR) is 87.3 cm³/mol. The number of benzene rings is 1. The third kappa shape index (κ3) is 2.50. The molecule has 0 unspecified atom stereocenters. The van der Waals surface area contributed by atoms with Crippen LogP contribution in [0.5, 0.6) is 0 Å². The number of aromatic amines is 2. The maximum absolute atomic E-state index is 12.7. The van der Waals surface area contributed by atoms with Gasteiger partial charge in [0, 0.05) is 11.6 Å². The average molecular weight is 309 g/mol. The summed E-state index contributed by atoms with van der Waals surface area (Å²) in [6.07, 6.45) is 2.23. The molecule has 0 saturated heterocycles. The van der Waals surface area contributed by atoms with Crippen LogP contribution in [0.1, 0.15) is 59.3 Å². The van der Waals surface area contributed by atoms with E-state index in [1.165, 1.54) is 0 Å². The van der Waals surface area contributed by atoms with Crippen LogP contribution in [0.3, 0.4) is 0 Å². The fourth-order valence-electron chi connectivity index (χ4n) is 2.90. The Morgan fingerprint density at radius 2 is 2.13 bits per heavy atom. The van der Waals surface area contributed by atoms with Gasteiger partial charge in [-0.15, -0.1) is 0 Å². The van der Waals surface area contributed by atoms with Crippen molar-refractivity contribution in [1.29, 1.82) is 0 Å². The van der Waals surface area contributed by atoms with E-state index in [0.29, 0.717) is 11.5 Å². The Labute approximate surface area is 133 Å². The normalized spacial score (nSPS) is 15.7. The van der Waals surface area contributed by atoms with Gasteiger partial charge in [0.25, 0.3) is 5.91 Å². The Hall–Kier alpha value is -2.63. The number of nitrogens with zero attached hydrogens (tertiary/aromatic N) is 2. The summed E-state index contributed by atoms with van der Waals surface area (Å²) in [4.78, 5) is 20.5. The largest absolute Gasteiger partial charge is 0.342 e. The molecule has 3 N–H and O–H groups in total. The van der Waals surface area contributed by atoms with E-state index in [2.05, 4.69) is 25.5 Å². The Balaban J connectivity index is 1.57. The van der Waals surface area contributed by atoms with Crippen molar-refractivity contribution >= 4 is 16.9 Å². The van der Waals surface area contributed by atoms with Gasteiger partial charge in [0.1, 0.15) is 5.82 Å². The summed E-state index contributed by atoms with van der Waals surface area (Å²) in [5, 5.41) is 10.3. The Morgan fingerprint density at radius 3 is 2.87 bits per heavy atom. The van der Waals surface area contributed by atoms with Crippen LogP contribution in [0, 0.1) is 6.92 Å². The first kappa shape index (κ1) is 14.0. The quantitative estimate of drug-likeness (QED) is 0.692. The molecule has 1 atom stereocenters. The molecule has 6 heteroatoms. The van der Waals surface area contributed by atoms with Crippen molar-refractivity contribution in [2.24, 2.45) is 0 Å². The lowest BCUT2D eigenvalue weighted by Crippen LogP contribution is -2.28. The molecule has 1 aromatic carbocycles. The summed E-state index contributed by atoms with van der Waals surface area (Å²) in [5.41, 5.74) is 4.29. The molecular formula is C17H19N5O. The number of carbonyl (C=O) groups excluding carboxylic acids is 1. The van der Waals surface area contributed by atoms with Crippen LogP contribution in [0.15, 0.2) is 24.3 Å². The molecule has 0 spiro atoms. The molecule has 118 valence electrons. The number of para-hydroxylation sites is 2. The third-order valence-electron chi connectivity index (χ3n) is 4.33. The SMILES string of the molecule is Cc1[nH]nc(C2CC2)c1C(=O)N[C@@H](C)c1nc2ccccc2[nH]1. The van der Waals surface area contributed by atoms with Crippen LogP contribution < -0.4 is 5.32 Å². The Kier molecular flexibility index (Phi) is 3.18. The zero-order valence-corrected chi connectivity index (χ0v) is 13.2. The van der Waals surface area contributed by atoms with Gasteiger partial charge >= 0.3 is 0 Å². The molecule has 1 amide bonds. The molecule has 23 heavy (non-hydrogen) atoms. The highest BCUT2D eigenvalue weighted by Gasteiger charge is 2.32. The van der Waals surface area contributed by atoms with Crippen LogP contribution >= 0.6 is 0 Å². The van der Waals surface area contributed by atoms with E-state index in [9.17, 15) is 4.79 Å². The summed E-state index contributed by atoms with van der Waals surface area (Å²) < 4.78 is 0. The van der Waals surface area contributed by atoms with E-state index in [1.54, 1.807) is 0 Å². The first-order valence-electron chi connectivity index (χ1n) is 7.94. The Bertz CT molecular complexity index is 841. The number of aryl methyl sites for hydroxylation is 1. The third-order valence-corrected chi connectivity index (χ3v) is 4.33. The molecule has 3 aromatic rings. The number of hydrogen-bond donors (Lipinski definition) is 3. The van der Waals surface area contributed by atoms with Crippen molar-refractivity contribution in [2.75, 3.05) is 0 Å². The maximum Gasteiger partial charge on any atom is 0.255 e. The summed E-state index contributed by atoms with van der Waals surface area (Å²) in [6, 6.07) is 7.65.